The zero-order valence-electron chi connectivity index (χ0n) is 7.27. The maximum absolute atomic E-state index is 5.82. The summed E-state index contributed by atoms with van der Waals surface area (Å²) in [6.07, 6.45) is 3.55. The molecule has 5 heteroatoms. The van der Waals surface area contributed by atoms with Crippen LogP contribution in [0.1, 0.15) is 5.69 Å². The van der Waals surface area contributed by atoms with Crippen LogP contribution in [0.2, 0.25) is 0 Å². The van der Waals surface area contributed by atoms with E-state index < -0.39 is 0 Å². The van der Waals surface area contributed by atoms with Gasteiger partial charge in [0.2, 0.25) is 0 Å². The van der Waals surface area contributed by atoms with Crippen molar-refractivity contribution in [1.29, 1.82) is 0 Å². The molecule has 0 bridgehead atoms. The molecule has 0 atom stereocenters. The number of nitrogens with zero attached hydrogens (tertiary/aromatic N) is 2. The quantitative estimate of drug-likeness (QED) is 0.684. The highest BCUT2D eigenvalue weighted by Gasteiger charge is 2.08. The van der Waals surface area contributed by atoms with Gasteiger partial charge in [-0.15, -0.1) is 0 Å². The maximum Gasteiger partial charge on any atom is 0.127 e. The van der Waals surface area contributed by atoms with Crippen LogP contribution in [0.25, 0.3) is 10.6 Å². The summed E-state index contributed by atoms with van der Waals surface area (Å²) >= 11 is 3.77. The van der Waals surface area contributed by atoms with Crippen molar-refractivity contribution in [3.05, 3.63) is 30.2 Å². The van der Waals surface area contributed by atoms with Gasteiger partial charge in [0.05, 0.1) is 5.69 Å². The van der Waals surface area contributed by atoms with Gasteiger partial charge in [-0.25, -0.2) is 4.98 Å². The van der Waals surface area contributed by atoms with E-state index in [4.69, 9.17) is 5.73 Å². The summed E-state index contributed by atoms with van der Waals surface area (Å²) in [7, 11) is 0. The van der Waals surface area contributed by atoms with E-state index in [2.05, 4.69) is 32.6 Å². The number of anilines is 1. The van der Waals surface area contributed by atoms with Crippen LogP contribution in [0.5, 0.6) is 0 Å². The number of alkyl halides is 1. The number of aromatic nitrogens is 2. The molecule has 2 rings (SSSR count). The fourth-order valence-corrected chi connectivity index (χ4v) is 2.75. The third-order valence-corrected chi connectivity index (χ3v) is 3.46. The molecule has 0 aromatic carbocycles. The lowest BCUT2D eigenvalue weighted by Gasteiger charge is -1.91. The minimum Gasteiger partial charge on any atom is -0.389 e. The zero-order valence-corrected chi connectivity index (χ0v) is 10.2. The average molecular weight is 317 g/mol. The lowest BCUT2D eigenvalue weighted by molar-refractivity contribution is 1.25. The minimum atomic E-state index is 0.804. The first kappa shape index (κ1) is 9.85. The van der Waals surface area contributed by atoms with E-state index in [1.165, 1.54) is 11.3 Å². The molecule has 2 aromatic heterocycles. The summed E-state index contributed by atoms with van der Waals surface area (Å²) in [4.78, 5) is 8.49. The number of hydrogen-bond acceptors (Lipinski definition) is 4. The number of nitrogen functional groups attached to an aromatic ring is 1. The first-order valence-corrected chi connectivity index (χ1v) is 6.37. The predicted octanol–water partition coefficient (Wildman–Crippen LogP) is 2.72. The van der Waals surface area contributed by atoms with Gasteiger partial charge in [-0.1, -0.05) is 33.9 Å². The molecule has 0 radical (unpaired) electrons. The highest BCUT2D eigenvalue weighted by atomic mass is 127. The van der Waals surface area contributed by atoms with Crippen molar-refractivity contribution < 1.29 is 0 Å². The molecular weight excluding hydrogens is 309 g/mol. The molecular formula is C9H8IN3S. The van der Waals surface area contributed by atoms with Crippen molar-refractivity contribution in [2.45, 2.75) is 4.43 Å². The molecule has 0 spiro atoms. The first-order chi connectivity index (χ1) is 6.81. The maximum atomic E-state index is 5.82. The minimum absolute atomic E-state index is 0.804. The molecule has 2 N–H and O–H groups in total. The van der Waals surface area contributed by atoms with E-state index in [0.717, 1.165) is 25.7 Å². The Balaban J connectivity index is 2.43. The third kappa shape index (κ3) is 1.88. The van der Waals surface area contributed by atoms with Gasteiger partial charge in [-0.05, 0) is 12.1 Å². The summed E-state index contributed by atoms with van der Waals surface area (Å²) in [5.74, 6) is 0. The molecule has 3 nitrogen and oxygen atoms in total. The van der Waals surface area contributed by atoms with Crippen LogP contribution >= 0.6 is 33.9 Å². The topological polar surface area (TPSA) is 51.8 Å². The summed E-state index contributed by atoms with van der Waals surface area (Å²) in [5.41, 5.74) is 7.82. The molecule has 0 saturated heterocycles. The van der Waals surface area contributed by atoms with Gasteiger partial charge in [0.25, 0.3) is 0 Å². The highest BCUT2D eigenvalue weighted by molar-refractivity contribution is 14.1. The van der Waals surface area contributed by atoms with E-state index in [-0.39, 0.29) is 0 Å². The van der Waals surface area contributed by atoms with E-state index in [9.17, 15) is 0 Å². The second-order valence-electron chi connectivity index (χ2n) is 2.71. The lowest BCUT2D eigenvalue weighted by Crippen LogP contribution is -1.85. The van der Waals surface area contributed by atoms with Crippen molar-refractivity contribution in [2.75, 3.05) is 5.73 Å². The summed E-state index contributed by atoms with van der Waals surface area (Å²) < 4.78 is 0.848. The molecule has 0 amide bonds. The Morgan fingerprint density at radius 3 is 2.93 bits per heavy atom. The van der Waals surface area contributed by atoms with Gasteiger partial charge in [-0.2, -0.15) is 0 Å². The Hall–Kier alpha value is -0.690. The van der Waals surface area contributed by atoms with Crippen LogP contribution in [0, 0.1) is 0 Å². The van der Waals surface area contributed by atoms with E-state index in [1.807, 2.05) is 12.1 Å². The van der Waals surface area contributed by atoms with Crippen molar-refractivity contribution in [3.63, 3.8) is 0 Å². The monoisotopic (exact) mass is 317 g/mol. The largest absolute Gasteiger partial charge is 0.389 e. The average Bonchev–Trinajstić information content (AvgIpc) is 2.61. The number of rotatable bonds is 2. The predicted molar refractivity (Wildman–Crippen MR) is 67.5 cm³/mol. The molecule has 0 saturated carbocycles. The number of pyridine rings is 1. The van der Waals surface area contributed by atoms with Crippen molar-refractivity contribution >= 4 is 38.9 Å². The van der Waals surface area contributed by atoms with Gasteiger partial charge in [0.15, 0.2) is 0 Å². The third-order valence-electron chi connectivity index (χ3n) is 1.76. The number of thiazole rings is 1. The molecule has 0 fully saturated rings. The zero-order chi connectivity index (χ0) is 9.97. The standard InChI is InChI=1S/C9H8IN3S/c10-4-7-8(11)14-9(13-7)6-2-1-3-12-5-6/h1-3,5H,4,11H2. The number of nitrogens with two attached hydrogens (primary N) is 1. The molecule has 0 unspecified atom stereocenters. The molecule has 0 aliphatic rings. The van der Waals surface area contributed by atoms with Crippen molar-refractivity contribution in [3.8, 4) is 10.6 Å². The van der Waals surface area contributed by atoms with Crippen LogP contribution < -0.4 is 5.73 Å². The van der Waals surface area contributed by atoms with Crippen LogP contribution in [0.4, 0.5) is 5.00 Å². The van der Waals surface area contributed by atoms with Crippen molar-refractivity contribution in [2.24, 2.45) is 0 Å². The van der Waals surface area contributed by atoms with Crippen LogP contribution in [0.3, 0.4) is 0 Å². The molecule has 2 heterocycles. The van der Waals surface area contributed by atoms with Crippen LogP contribution in [0.15, 0.2) is 24.5 Å². The summed E-state index contributed by atoms with van der Waals surface area (Å²) in [6.45, 7) is 0. The van der Waals surface area contributed by atoms with Gasteiger partial charge >= 0.3 is 0 Å². The molecule has 14 heavy (non-hydrogen) atoms. The van der Waals surface area contributed by atoms with Crippen LogP contribution in [-0.2, 0) is 4.43 Å². The van der Waals surface area contributed by atoms with Crippen LogP contribution in [-0.4, -0.2) is 9.97 Å². The fraction of sp³-hybridized carbons (Fsp3) is 0.111. The smallest absolute Gasteiger partial charge is 0.127 e. The molecule has 72 valence electrons. The van der Waals surface area contributed by atoms with Gasteiger partial charge in [-0.3, -0.25) is 4.98 Å². The SMILES string of the molecule is Nc1sc(-c2cccnc2)nc1CI. The second kappa shape index (κ2) is 4.22. The molecule has 0 aliphatic carbocycles. The normalized spacial score (nSPS) is 10.4. The van der Waals surface area contributed by atoms with Gasteiger partial charge in [0, 0.05) is 22.4 Å². The lowest BCUT2D eigenvalue weighted by atomic mass is 10.3. The van der Waals surface area contributed by atoms with Gasteiger partial charge < -0.3 is 5.73 Å². The van der Waals surface area contributed by atoms with E-state index >= 15 is 0 Å². The number of halogens is 1. The Morgan fingerprint density at radius 2 is 2.36 bits per heavy atom. The van der Waals surface area contributed by atoms with Crippen molar-refractivity contribution in [1.82, 2.24) is 9.97 Å². The van der Waals surface area contributed by atoms with Gasteiger partial charge in [0.1, 0.15) is 10.0 Å². The first-order valence-electron chi connectivity index (χ1n) is 4.03. The Kier molecular flexibility index (Phi) is 2.97. The number of hydrogen-bond donors (Lipinski definition) is 1. The Labute approximate surface area is 99.5 Å². The highest BCUT2D eigenvalue weighted by Crippen LogP contribution is 2.30. The van der Waals surface area contributed by atoms with E-state index in [1.54, 1.807) is 12.4 Å². The second-order valence-corrected chi connectivity index (χ2v) is 4.50. The Bertz CT molecular complexity index is 427. The Morgan fingerprint density at radius 1 is 1.50 bits per heavy atom. The molecule has 2 aromatic rings. The summed E-state index contributed by atoms with van der Waals surface area (Å²) in [5, 5.41) is 1.75. The molecule has 0 aliphatic heterocycles. The summed E-state index contributed by atoms with van der Waals surface area (Å²) in [6, 6.07) is 3.89. The van der Waals surface area contributed by atoms with E-state index in [0.29, 0.717) is 0 Å². The fourth-order valence-electron chi connectivity index (χ4n) is 1.07.